The van der Waals surface area contributed by atoms with Crippen molar-refractivity contribution in [2.24, 2.45) is 0 Å². The van der Waals surface area contributed by atoms with E-state index in [0.29, 0.717) is 19.1 Å². The van der Waals surface area contributed by atoms with Crippen molar-refractivity contribution in [3.63, 3.8) is 0 Å². The molecule has 1 atom stereocenters. The molecule has 0 aliphatic rings. The molecule has 172 valence electrons. The van der Waals surface area contributed by atoms with E-state index in [1.54, 1.807) is 0 Å². The van der Waals surface area contributed by atoms with Crippen molar-refractivity contribution in [1.82, 2.24) is 9.55 Å². The Morgan fingerprint density at radius 3 is 2.52 bits per heavy atom. The lowest BCUT2D eigenvalue weighted by Crippen LogP contribution is -2.16. The SMILES string of the molecule is Cc1ccc(C(C)C)c(OCCn2c(C(C)Oc3ccc(Cl)c(C)c3)nc3ccccc32)c1. The fourth-order valence-electron chi connectivity index (χ4n) is 4.08. The Bertz CT molecular complexity index is 1260. The number of halogens is 1. The van der Waals surface area contributed by atoms with E-state index in [4.69, 9.17) is 26.1 Å². The number of fused-ring (bicyclic) bond motifs is 1. The molecule has 0 fully saturated rings. The normalized spacial score (nSPS) is 12.3. The Balaban J connectivity index is 1.58. The maximum Gasteiger partial charge on any atom is 0.153 e. The van der Waals surface area contributed by atoms with Gasteiger partial charge < -0.3 is 14.0 Å². The summed E-state index contributed by atoms with van der Waals surface area (Å²) < 4.78 is 14.7. The second-order valence-corrected chi connectivity index (χ2v) is 9.23. The molecule has 3 aromatic carbocycles. The number of hydrogen-bond acceptors (Lipinski definition) is 3. The molecule has 0 saturated carbocycles. The maximum atomic E-state index is 6.28. The van der Waals surface area contributed by atoms with Crippen LogP contribution in [0, 0.1) is 13.8 Å². The van der Waals surface area contributed by atoms with Crippen molar-refractivity contribution in [2.45, 2.75) is 53.2 Å². The van der Waals surface area contributed by atoms with Gasteiger partial charge >= 0.3 is 0 Å². The zero-order valence-electron chi connectivity index (χ0n) is 19.9. The van der Waals surface area contributed by atoms with E-state index < -0.39 is 0 Å². The molecule has 0 amide bonds. The standard InChI is InChI=1S/C28H31ClN2O2/c1-18(2)23-12-10-19(3)16-27(23)32-15-14-31-26-9-7-6-8-25(26)30-28(31)21(5)33-22-11-13-24(29)20(4)17-22/h6-13,16-18,21H,14-15H2,1-5H3. The molecular weight excluding hydrogens is 432 g/mol. The van der Waals surface area contributed by atoms with Crippen LogP contribution in [0.25, 0.3) is 11.0 Å². The maximum absolute atomic E-state index is 6.28. The minimum Gasteiger partial charge on any atom is -0.491 e. The molecule has 4 aromatic rings. The summed E-state index contributed by atoms with van der Waals surface area (Å²) in [5.41, 5.74) is 5.44. The average Bonchev–Trinajstić information content (AvgIpc) is 3.15. The molecule has 1 unspecified atom stereocenters. The van der Waals surface area contributed by atoms with E-state index in [1.807, 2.05) is 50.2 Å². The highest BCUT2D eigenvalue weighted by molar-refractivity contribution is 6.31. The van der Waals surface area contributed by atoms with E-state index >= 15 is 0 Å². The first-order valence-electron chi connectivity index (χ1n) is 11.4. The van der Waals surface area contributed by atoms with E-state index in [2.05, 4.69) is 49.6 Å². The minimum absolute atomic E-state index is 0.233. The first-order chi connectivity index (χ1) is 15.8. The van der Waals surface area contributed by atoms with Crippen molar-refractivity contribution >= 4 is 22.6 Å². The Hall–Kier alpha value is -2.98. The fourth-order valence-corrected chi connectivity index (χ4v) is 4.19. The number of imidazole rings is 1. The predicted molar refractivity (Wildman–Crippen MR) is 136 cm³/mol. The quantitative estimate of drug-likeness (QED) is 0.270. The Morgan fingerprint density at radius 2 is 1.76 bits per heavy atom. The lowest BCUT2D eigenvalue weighted by molar-refractivity contribution is 0.207. The van der Waals surface area contributed by atoms with Crippen molar-refractivity contribution in [3.05, 3.63) is 88.2 Å². The van der Waals surface area contributed by atoms with Crippen LogP contribution in [0.2, 0.25) is 5.02 Å². The number of ether oxygens (including phenoxy) is 2. The molecule has 1 heterocycles. The van der Waals surface area contributed by atoms with Gasteiger partial charge in [-0.05, 0) is 79.8 Å². The average molecular weight is 463 g/mol. The number of benzene rings is 3. The van der Waals surface area contributed by atoms with Crippen molar-refractivity contribution in [2.75, 3.05) is 6.61 Å². The first kappa shape index (κ1) is 23.2. The molecule has 0 aliphatic carbocycles. The van der Waals surface area contributed by atoms with E-state index in [0.717, 1.165) is 38.9 Å². The summed E-state index contributed by atoms with van der Waals surface area (Å²) in [5, 5.41) is 0.733. The molecule has 4 nitrogen and oxygen atoms in total. The van der Waals surface area contributed by atoms with Crippen LogP contribution in [0.15, 0.2) is 60.7 Å². The summed E-state index contributed by atoms with van der Waals surface area (Å²) >= 11 is 6.17. The summed E-state index contributed by atoms with van der Waals surface area (Å²) in [6.45, 7) is 11.7. The summed E-state index contributed by atoms with van der Waals surface area (Å²) in [4.78, 5) is 4.89. The summed E-state index contributed by atoms with van der Waals surface area (Å²) in [7, 11) is 0. The molecule has 1 aromatic heterocycles. The predicted octanol–water partition coefficient (Wildman–Crippen LogP) is 7.65. The Kier molecular flexibility index (Phi) is 6.94. The fraction of sp³-hybridized carbons (Fsp3) is 0.321. The highest BCUT2D eigenvalue weighted by atomic mass is 35.5. The summed E-state index contributed by atoms with van der Waals surface area (Å²) in [5.74, 6) is 3.01. The van der Waals surface area contributed by atoms with Gasteiger partial charge in [-0.15, -0.1) is 0 Å². The van der Waals surface area contributed by atoms with Crippen LogP contribution in [-0.4, -0.2) is 16.2 Å². The number of rotatable bonds is 8. The van der Waals surface area contributed by atoms with Gasteiger partial charge in [0.1, 0.15) is 18.1 Å². The molecule has 4 rings (SSSR count). The Labute approximate surface area is 201 Å². The van der Waals surface area contributed by atoms with Crippen molar-refractivity contribution in [1.29, 1.82) is 0 Å². The second kappa shape index (κ2) is 9.88. The third kappa shape index (κ3) is 5.17. The molecule has 0 saturated heterocycles. The van der Waals surface area contributed by atoms with Crippen LogP contribution < -0.4 is 9.47 Å². The highest BCUT2D eigenvalue weighted by Crippen LogP contribution is 2.29. The van der Waals surface area contributed by atoms with Crippen LogP contribution in [-0.2, 0) is 6.54 Å². The molecule has 0 aliphatic heterocycles. The number of aryl methyl sites for hydroxylation is 2. The van der Waals surface area contributed by atoms with Gasteiger partial charge in [0.15, 0.2) is 11.9 Å². The number of para-hydroxylation sites is 2. The molecular formula is C28H31ClN2O2. The van der Waals surface area contributed by atoms with Gasteiger partial charge in [-0.2, -0.15) is 0 Å². The summed E-state index contributed by atoms with van der Waals surface area (Å²) in [6, 6.07) is 20.3. The lowest BCUT2D eigenvalue weighted by atomic mass is 10.0. The molecule has 0 spiro atoms. The number of hydrogen-bond donors (Lipinski definition) is 0. The number of aromatic nitrogens is 2. The van der Waals surface area contributed by atoms with Gasteiger partial charge in [-0.25, -0.2) is 4.98 Å². The van der Waals surface area contributed by atoms with Crippen molar-refractivity contribution < 1.29 is 9.47 Å². The van der Waals surface area contributed by atoms with Gasteiger partial charge in [-0.3, -0.25) is 0 Å². The smallest absolute Gasteiger partial charge is 0.153 e. The molecule has 5 heteroatoms. The highest BCUT2D eigenvalue weighted by Gasteiger charge is 2.19. The van der Waals surface area contributed by atoms with Crippen LogP contribution in [0.3, 0.4) is 0 Å². The van der Waals surface area contributed by atoms with Crippen molar-refractivity contribution in [3.8, 4) is 11.5 Å². The van der Waals surface area contributed by atoms with Crippen LogP contribution >= 0.6 is 11.6 Å². The van der Waals surface area contributed by atoms with E-state index in [-0.39, 0.29) is 6.10 Å². The molecule has 0 bridgehead atoms. The topological polar surface area (TPSA) is 36.3 Å². The monoisotopic (exact) mass is 462 g/mol. The van der Waals surface area contributed by atoms with Crippen LogP contribution in [0.5, 0.6) is 11.5 Å². The number of nitrogens with zero attached hydrogens (tertiary/aromatic N) is 2. The third-order valence-corrected chi connectivity index (χ3v) is 6.28. The van der Waals surface area contributed by atoms with E-state index in [9.17, 15) is 0 Å². The molecule has 0 radical (unpaired) electrons. The van der Waals surface area contributed by atoms with Gasteiger partial charge in [0.05, 0.1) is 17.6 Å². The van der Waals surface area contributed by atoms with Gasteiger partial charge in [-0.1, -0.05) is 49.7 Å². The zero-order valence-corrected chi connectivity index (χ0v) is 20.7. The van der Waals surface area contributed by atoms with Crippen LogP contribution in [0.1, 0.15) is 55.3 Å². The zero-order chi connectivity index (χ0) is 23.5. The lowest BCUT2D eigenvalue weighted by Gasteiger charge is -2.19. The Morgan fingerprint density at radius 1 is 0.970 bits per heavy atom. The van der Waals surface area contributed by atoms with Gasteiger partial charge in [0, 0.05) is 5.02 Å². The first-order valence-corrected chi connectivity index (χ1v) is 11.8. The van der Waals surface area contributed by atoms with Crippen LogP contribution in [0.4, 0.5) is 0 Å². The van der Waals surface area contributed by atoms with E-state index in [1.165, 1.54) is 11.1 Å². The summed E-state index contributed by atoms with van der Waals surface area (Å²) in [6.07, 6.45) is -0.233. The minimum atomic E-state index is -0.233. The third-order valence-electron chi connectivity index (χ3n) is 5.85. The molecule has 0 N–H and O–H groups in total. The second-order valence-electron chi connectivity index (χ2n) is 8.83. The van der Waals surface area contributed by atoms with Gasteiger partial charge in [0.2, 0.25) is 0 Å². The van der Waals surface area contributed by atoms with Gasteiger partial charge in [0.25, 0.3) is 0 Å². The largest absolute Gasteiger partial charge is 0.491 e. The molecule has 33 heavy (non-hydrogen) atoms.